The normalized spacial score (nSPS) is 21.9. The number of nitrogens with one attached hydrogen (secondary N) is 3. The number of pyridine rings is 1. The second kappa shape index (κ2) is 10.7. The number of hydrogen-bond donors (Lipinski definition) is 3. The van der Waals surface area contributed by atoms with Crippen LogP contribution in [0, 0.1) is 5.92 Å². The Morgan fingerprint density at radius 3 is 2.42 bits per heavy atom. The van der Waals surface area contributed by atoms with Gasteiger partial charge in [-0.2, -0.15) is 0 Å². The van der Waals surface area contributed by atoms with E-state index in [0.717, 1.165) is 43.8 Å². The second-order valence-corrected chi connectivity index (χ2v) is 9.52. The molecule has 1 amide bonds. The molecule has 0 aromatic carbocycles. The van der Waals surface area contributed by atoms with Crippen LogP contribution in [-0.4, -0.2) is 48.4 Å². The molecule has 1 aromatic heterocycles. The number of aromatic nitrogens is 1. The first kappa shape index (κ1) is 23.2. The maximum absolute atomic E-state index is 12.0. The number of carbonyl (C=O) groups excluding carboxylic acids is 1. The van der Waals surface area contributed by atoms with Gasteiger partial charge in [0.2, 0.25) is 5.88 Å². The Labute approximate surface area is 185 Å². The molecule has 0 unspecified atom stereocenters. The summed E-state index contributed by atoms with van der Waals surface area (Å²) in [5.74, 6) is 2.17. The minimum Gasteiger partial charge on any atom is -0.477 e. The first-order chi connectivity index (χ1) is 14.8. The van der Waals surface area contributed by atoms with Gasteiger partial charge in [0.05, 0.1) is 6.61 Å². The molecular formula is C23H37N5O3. The van der Waals surface area contributed by atoms with Gasteiger partial charge in [0, 0.05) is 37.9 Å². The number of amides is 1. The van der Waals surface area contributed by atoms with E-state index in [1.807, 2.05) is 32.9 Å². The summed E-state index contributed by atoms with van der Waals surface area (Å²) in [6.07, 6.45) is 7.75. The lowest BCUT2D eigenvalue weighted by atomic mass is 9.91. The summed E-state index contributed by atoms with van der Waals surface area (Å²) >= 11 is 0. The fourth-order valence-corrected chi connectivity index (χ4v) is 3.56. The Kier molecular flexibility index (Phi) is 7.98. The van der Waals surface area contributed by atoms with Gasteiger partial charge in [0.15, 0.2) is 5.96 Å². The molecule has 3 N–H and O–H groups in total. The van der Waals surface area contributed by atoms with E-state index >= 15 is 0 Å². The third kappa shape index (κ3) is 8.63. The van der Waals surface area contributed by atoms with Crippen LogP contribution in [0.3, 0.4) is 0 Å². The molecule has 8 heteroatoms. The molecule has 2 aliphatic carbocycles. The fraction of sp³-hybridized carbons (Fsp3) is 0.696. The molecule has 0 radical (unpaired) electrons. The molecule has 0 spiro atoms. The van der Waals surface area contributed by atoms with Gasteiger partial charge in [-0.15, -0.1) is 0 Å². The quantitative estimate of drug-likeness (QED) is 0.452. The van der Waals surface area contributed by atoms with Crippen molar-refractivity contribution in [2.24, 2.45) is 10.9 Å². The highest BCUT2D eigenvalue weighted by molar-refractivity contribution is 5.80. The Hall–Kier alpha value is -2.51. The Bertz CT molecular complexity index is 750. The van der Waals surface area contributed by atoms with E-state index in [0.29, 0.717) is 24.4 Å². The minimum absolute atomic E-state index is 0.161. The zero-order chi connectivity index (χ0) is 22.3. The number of aliphatic imine (C=N–C) groups is 1. The summed E-state index contributed by atoms with van der Waals surface area (Å²) in [5.41, 5.74) is 0.633. The molecule has 31 heavy (non-hydrogen) atoms. The smallest absolute Gasteiger partial charge is 0.407 e. The van der Waals surface area contributed by atoms with Crippen LogP contribution in [0.2, 0.25) is 0 Å². The Morgan fingerprint density at radius 1 is 1.13 bits per heavy atom. The molecule has 2 fully saturated rings. The molecule has 0 saturated heterocycles. The number of carbonyl (C=O) groups is 1. The highest BCUT2D eigenvalue weighted by Gasteiger charge is 2.25. The van der Waals surface area contributed by atoms with Crippen molar-refractivity contribution in [2.45, 2.75) is 83.5 Å². The zero-order valence-electron chi connectivity index (χ0n) is 19.2. The van der Waals surface area contributed by atoms with E-state index in [1.54, 1.807) is 13.2 Å². The van der Waals surface area contributed by atoms with Crippen molar-refractivity contribution < 1.29 is 14.3 Å². The standard InChI is InChI=1S/C23H37N5O3/c1-23(2,3)31-22(29)28-19-9-7-18(8-10-19)27-21(24-4)26-14-17-11-12-25-20(13-17)30-15-16-5-6-16/h11-13,16,18-19H,5-10,14-15H2,1-4H3,(H,28,29)(H2,24,26,27). The van der Waals surface area contributed by atoms with Crippen molar-refractivity contribution in [3.8, 4) is 5.88 Å². The summed E-state index contributed by atoms with van der Waals surface area (Å²) in [5, 5.41) is 9.86. The molecule has 0 atom stereocenters. The average Bonchev–Trinajstić information content (AvgIpc) is 3.54. The highest BCUT2D eigenvalue weighted by atomic mass is 16.6. The van der Waals surface area contributed by atoms with Crippen molar-refractivity contribution in [1.29, 1.82) is 0 Å². The lowest BCUT2D eigenvalue weighted by molar-refractivity contribution is 0.0490. The first-order valence-corrected chi connectivity index (χ1v) is 11.3. The Morgan fingerprint density at radius 2 is 1.81 bits per heavy atom. The summed E-state index contributed by atoms with van der Waals surface area (Å²) in [4.78, 5) is 20.6. The largest absolute Gasteiger partial charge is 0.477 e. The van der Waals surface area contributed by atoms with Gasteiger partial charge >= 0.3 is 6.09 Å². The number of hydrogen-bond acceptors (Lipinski definition) is 5. The number of ether oxygens (including phenoxy) is 2. The van der Waals surface area contributed by atoms with E-state index in [1.165, 1.54) is 12.8 Å². The number of alkyl carbamates (subject to hydrolysis) is 1. The van der Waals surface area contributed by atoms with Crippen LogP contribution in [0.1, 0.15) is 64.9 Å². The van der Waals surface area contributed by atoms with Crippen molar-refractivity contribution >= 4 is 12.1 Å². The zero-order valence-corrected chi connectivity index (χ0v) is 19.2. The SMILES string of the molecule is CN=C(NCc1ccnc(OCC2CC2)c1)NC1CCC(NC(=O)OC(C)(C)C)CC1. The van der Waals surface area contributed by atoms with Gasteiger partial charge in [0.1, 0.15) is 5.60 Å². The molecule has 172 valence electrons. The number of nitrogens with zero attached hydrogens (tertiary/aromatic N) is 2. The molecule has 1 heterocycles. The molecule has 2 saturated carbocycles. The molecule has 8 nitrogen and oxygen atoms in total. The van der Waals surface area contributed by atoms with Crippen LogP contribution in [0.4, 0.5) is 4.79 Å². The van der Waals surface area contributed by atoms with E-state index < -0.39 is 5.60 Å². The summed E-state index contributed by atoms with van der Waals surface area (Å²) in [6.45, 7) is 7.04. The van der Waals surface area contributed by atoms with Gasteiger partial charge in [-0.3, -0.25) is 4.99 Å². The monoisotopic (exact) mass is 431 g/mol. The van der Waals surface area contributed by atoms with E-state index in [4.69, 9.17) is 9.47 Å². The molecule has 3 rings (SSSR count). The van der Waals surface area contributed by atoms with Gasteiger partial charge in [-0.1, -0.05) is 0 Å². The van der Waals surface area contributed by atoms with E-state index in [-0.39, 0.29) is 12.1 Å². The van der Waals surface area contributed by atoms with Crippen molar-refractivity contribution in [3.63, 3.8) is 0 Å². The lowest BCUT2D eigenvalue weighted by Crippen LogP contribution is -2.47. The average molecular weight is 432 g/mol. The minimum atomic E-state index is -0.472. The second-order valence-electron chi connectivity index (χ2n) is 9.52. The summed E-state index contributed by atoms with van der Waals surface area (Å²) < 4.78 is 11.1. The fourth-order valence-electron chi connectivity index (χ4n) is 3.56. The number of guanidine groups is 1. The van der Waals surface area contributed by atoms with Gasteiger partial charge < -0.3 is 25.4 Å². The third-order valence-electron chi connectivity index (χ3n) is 5.44. The summed E-state index contributed by atoms with van der Waals surface area (Å²) in [6, 6.07) is 4.46. The van der Waals surface area contributed by atoms with Crippen LogP contribution in [-0.2, 0) is 11.3 Å². The highest BCUT2D eigenvalue weighted by Crippen LogP contribution is 2.29. The number of rotatable bonds is 7. The topological polar surface area (TPSA) is 96.9 Å². The lowest BCUT2D eigenvalue weighted by Gasteiger charge is -2.31. The predicted octanol–water partition coefficient (Wildman–Crippen LogP) is 3.37. The molecule has 2 aliphatic rings. The van der Waals surface area contributed by atoms with Crippen LogP contribution < -0.4 is 20.7 Å². The van der Waals surface area contributed by atoms with Crippen molar-refractivity contribution in [2.75, 3.05) is 13.7 Å². The summed E-state index contributed by atoms with van der Waals surface area (Å²) in [7, 11) is 1.78. The van der Waals surface area contributed by atoms with Gasteiger partial charge in [0.25, 0.3) is 0 Å². The van der Waals surface area contributed by atoms with Crippen LogP contribution in [0.15, 0.2) is 23.3 Å². The molecule has 1 aromatic rings. The van der Waals surface area contributed by atoms with Crippen molar-refractivity contribution in [3.05, 3.63) is 23.9 Å². The first-order valence-electron chi connectivity index (χ1n) is 11.3. The van der Waals surface area contributed by atoms with E-state index in [9.17, 15) is 4.79 Å². The maximum atomic E-state index is 12.0. The predicted molar refractivity (Wildman–Crippen MR) is 121 cm³/mol. The third-order valence-corrected chi connectivity index (χ3v) is 5.44. The van der Waals surface area contributed by atoms with E-state index in [2.05, 4.69) is 25.9 Å². The molecule has 0 bridgehead atoms. The van der Waals surface area contributed by atoms with Crippen LogP contribution in [0.25, 0.3) is 0 Å². The van der Waals surface area contributed by atoms with Gasteiger partial charge in [-0.25, -0.2) is 9.78 Å². The van der Waals surface area contributed by atoms with Gasteiger partial charge in [-0.05, 0) is 76.8 Å². The molecule has 0 aliphatic heterocycles. The maximum Gasteiger partial charge on any atom is 0.407 e. The Balaban J connectivity index is 1.38. The van der Waals surface area contributed by atoms with Crippen LogP contribution in [0.5, 0.6) is 5.88 Å². The van der Waals surface area contributed by atoms with Crippen molar-refractivity contribution in [1.82, 2.24) is 20.9 Å². The molecular weight excluding hydrogens is 394 g/mol. The van der Waals surface area contributed by atoms with Crippen LogP contribution >= 0.6 is 0 Å².